The number of benzene rings is 2. The summed E-state index contributed by atoms with van der Waals surface area (Å²) in [4.78, 5) is 14.6. The number of fused-ring (bicyclic) bond motifs is 1. The highest BCUT2D eigenvalue weighted by Crippen LogP contribution is 2.24. The quantitative estimate of drug-likeness (QED) is 0.429. The Kier molecular flexibility index (Phi) is 8.51. The summed E-state index contributed by atoms with van der Waals surface area (Å²) in [6, 6.07) is 16.0. The molecule has 4 rings (SSSR count). The minimum atomic E-state index is -0.926. The third-order valence-corrected chi connectivity index (χ3v) is 6.59. The molecule has 0 saturated carbocycles. The van der Waals surface area contributed by atoms with Crippen LogP contribution in [0.3, 0.4) is 0 Å². The van der Waals surface area contributed by atoms with Crippen LogP contribution < -0.4 is 10.1 Å². The van der Waals surface area contributed by atoms with Gasteiger partial charge in [0, 0.05) is 45.2 Å². The standard InChI is InChI=1S/C27H37N5O3/c1-19(2)25(27(33)35-4)30-26-22-10-5-6-11-23(22)28-24(29-26)18-32-14-12-31(13-15-32)17-20-8-7-9-21(16-20)34-3/h5-11,16,19,25,27,33H,12-15,17-18H2,1-4H3,(H,28,29,30)/t25-,27?/m0/s1. The predicted octanol–water partition coefficient (Wildman–Crippen LogP) is 3.36. The Balaban J connectivity index is 1.44. The summed E-state index contributed by atoms with van der Waals surface area (Å²) in [6.07, 6.45) is -0.926. The molecule has 0 amide bonds. The van der Waals surface area contributed by atoms with Gasteiger partial charge in [-0.05, 0) is 35.7 Å². The van der Waals surface area contributed by atoms with E-state index >= 15 is 0 Å². The van der Waals surface area contributed by atoms with Gasteiger partial charge >= 0.3 is 0 Å². The van der Waals surface area contributed by atoms with Crippen molar-refractivity contribution in [3.8, 4) is 5.75 Å². The van der Waals surface area contributed by atoms with Gasteiger partial charge in [0.05, 0.1) is 25.2 Å². The first-order chi connectivity index (χ1) is 17.0. The Hall–Kier alpha value is -2.78. The van der Waals surface area contributed by atoms with Crippen LogP contribution in [0.4, 0.5) is 5.82 Å². The molecule has 0 spiro atoms. The summed E-state index contributed by atoms with van der Waals surface area (Å²) < 4.78 is 10.6. The van der Waals surface area contributed by atoms with Crippen molar-refractivity contribution in [2.45, 2.75) is 39.3 Å². The topological polar surface area (TPSA) is 83.0 Å². The average molecular weight is 480 g/mol. The van der Waals surface area contributed by atoms with Gasteiger partial charge in [-0.15, -0.1) is 0 Å². The molecular formula is C27H37N5O3. The highest BCUT2D eigenvalue weighted by molar-refractivity contribution is 5.89. The molecule has 1 aliphatic heterocycles. The van der Waals surface area contributed by atoms with Crippen LogP contribution >= 0.6 is 0 Å². The summed E-state index contributed by atoms with van der Waals surface area (Å²) in [7, 11) is 3.22. The first-order valence-electron chi connectivity index (χ1n) is 12.3. The fraction of sp³-hybridized carbons (Fsp3) is 0.481. The first-order valence-corrected chi connectivity index (χ1v) is 12.3. The zero-order valence-corrected chi connectivity index (χ0v) is 21.1. The molecule has 1 fully saturated rings. The zero-order chi connectivity index (χ0) is 24.8. The number of aliphatic hydroxyl groups excluding tert-OH is 1. The maximum Gasteiger partial charge on any atom is 0.174 e. The second-order valence-corrected chi connectivity index (χ2v) is 9.45. The number of nitrogens with zero attached hydrogens (tertiary/aromatic N) is 4. The van der Waals surface area contributed by atoms with Crippen molar-refractivity contribution in [2.24, 2.45) is 5.92 Å². The molecule has 1 aromatic heterocycles. The molecule has 1 saturated heterocycles. The number of para-hydroxylation sites is 1. The lowest BCUT2D eigenvalue weighted by atomic mass is 10.0. The molecule has 0 aliphatic carbocycles. The van der Waals surface area contributed by atoms with Crippen molar-refractivity contribution in [1.82, 2.24) is 19.8 Å². The van der Waals surface area contributed by atoms with E-state index in [1.165, 1.54) is 12.7 Å². The van der Waals surface area contributed by atoms with E-state index in [9.17, 15) is 5.11 Å². The van der Waals surface area contributed by atoms with Gasteiger partial charge in [0.15, 0.2) is 6.29 Å². The van der Waals surface area contributed by atoms with Gasteiger partial charge < -0.3 is 19.9 Å². The van der Waals surface area contributed by atoms with Crippen LogP contribution in [0.25, 0.3) is 10.9 Å². The Labute approximate surface area is 207 Å². The number of methoxy groups -OCH3 is 2. The molecule has 2 atom stereocenters. The van der Waals surface area contributed by atoms with Crippen LogP contribution in [0.2, 0.25) is 0 Å². The van der Waals surface area contributed by atoms with E-state index in [0.29, 0.717) is 6.54 Å². The lowest BCUT2D eigenvalue weighted by molar-refractivity contribution is -0.0926. The van der Waals surface area contributed by atoms with E-state index < -0.39 is 6.29 Å². The van der Waals surface area contributed by atoms with Crippen molar-refractivity contribution in [3.63, 3.8) is 0 Å². The Morgan fingerprint density at radius 1 is 0.943 bits per heavy atom. The lowest BCUT2D eigenvalue weighted by Crippen LogP contribution is -2.45. The number of hydrogen-bond donors (Lipinski definition) is 2. The van der Waals surface area contributed by atoms with Gasteiger partial charge in [0.1, 0.15) is 17.4 Å². The summed E-state index contributed by atoms with van der Waals surface area (Å²) in [6.45, 7) is 9.61. The first kappa shape index (κ1) is 25.3. The van der Waals surface area contributed by atoms with E-state index in [-0.39, 0.29) is 12.0 Å². The van der Waals surface area contributed by atoms with Crippen LogP contribution in [0, 0.1) is 5.92 Å². The SMILES string of the molecule is COc1cccc(CN2CCN(Cc3nc(N[C@@H](C(C)C)C(O)OC)c4ccccc4n3)CC2)c1. The predicted molar refractivity (Wildman–Crippen MR) is 138 cm³/mol. The number of aromatic nitrogens is 2. The molecule has 2 N–H and O–H groups in total. The van der Waals surface area contributed by atoms with Crippen molar-refractivity contribution < 1.29 is 14.6 Å². The van der Waals surface area contributed by atoms with Gasteiger partial charge in [-0.1, -0.05) is 38.1 Å². The van der Waals surface area contributed by atoms with Crippen LogP contribution in [0.15, 0.2) is 48.5 Å². The van der Waals surface area contributed by atoms with Crippen LogP contribution in [-0.2, 0) is 17.8 Å². The number of anilines is 1. The number of piperazine rings is 1. The number of hydrogen-bond acceptors (Lipinski definition) is 8. The zero-order valence-electron chi connectivity index (χ0n) is 21.1. The molecule has 3 aromatic rings. The minimum Gasteiger partial charge on any atom is -0.497 e. The molecular weight excluding hydrogens is 442 g/mol. The summed E-state index contributed by atoms with van der Waals surface area (Å²) >= 11 is 0. The van der Waals surface area contributed by atoms with Crippen LogP contribution in [0.5, 0.6) is 5.75 Å². The van der Waals surface area contributed by atoms with Gasteiger partial charge in [0.25, 0.3) is 0 Å². The molecule has 0 bridgehead atoms. The largest absolute Gasteiger partial charge is 0.497 e. The van der Waals surface area contributed by atoms with Gasteiger partial charge in [-0.2, -0.15) is 0 Å². The van der Waals surface area contributed by atoms with E-state index in [4.69, 9.17) is 19.4 Å². The number of ether oxygens (including phenoxy) is 2. The van der Waals surface area contributed by atoms with E-state index in [1.54, 1.807) is 7.11 Å². The summed E-state index contributed by atoms with van der Waals surface area (Å²) in [5.41, 5.74) is 2.16. The van der Waals surface area contributed by atoms with Crippen LogP contribution in [0.1, 0.15) is 25.2 Å². The number of rotatable bonds is 10. The summed E-state index contributed by atoms with van der Waals surface area (Å²) in [5.74, 6) is 2.57. The van der Waals surface area contributed by atoms with Gasteiger partial charge in [-0.3, -0.25) is 9.80 Å². The fourth-order valence-corrected chi connectivity index (χ4v) is 4.51. The minimum absolute atomic E-state index is 0.153. The smallest absolute Gasteiger partial charge is 0.174 e. The monoisotopic (exact) mass is 479 g/mol. The van der Waals surface area contributed by atoms with E-state index in [2.05, 4.69) is 41.1 Å². The molecule has 2 heterocycles. The molecule has 1 aliphatic rings. The van der Waals surface area contributed by atoms with Gasteiger partial charge in [0.2, 0.25) is 0 Å². The third kappa shape index (κ3) is 6.46. The maximum absolute atomic E-state index is 10.4. The summed E-state index contributed by atoms with van der Waals surface area (Å²) in [5, 5.41) is 14.7. The fourth-order valence-electron chi connectivity index (χ4n) is 4.51. The van der Waals surface area contributed by atoms with Gasteiger partial charge in [-0.25, -0.2) is 9.97 Å². The lowest BCUT2D eigenvalue weighted by Gasteiger charge is -2.34. The van der Waals surface area contributed by atoms with E-state index in [0.717, 1.165) is 61.0 Å². The van der Waals surface area contributed by atoms with Crippen molar-refractivity contribution in [2.75, 3.05) is 45.7 Å². The Bertz CT molecular complexity index is 1100. The second kappa shape index (κ2) is 11.8. The van der Waals surface area contributed by atoms with Crippen LogP contribution in [-0.4, -0.2) is 77.6 Å². The maximum atomic E-state index is 10.4. The van der Waals surface area contributed by atoms with Crippen molar-refractivity contribution >= 4 is 16.7 Å². The normalized spacial score (nSPS) is 17.0. The molecule has 0 radical (unpaired) electrons. The number of nitrogens with one attached hydrogen (secondary N) is 1. The third-order valence-electron chi connectivity index (χ3n) is 6.59. The van der Waals surface area contributed by atoms with Crippen molar-refractivity contribution in [1.29, 1.82) is 0 Å². The molecule has 188 valence electrons. The highest BCUT2D eigenvalue weighted by Gasteiger charge is 2.24. The Morgan fingerprint density at radius 3 is 2.34 bits per heavy atom. The molecule has 1 unspecified atom stereocenters. The molecule has 8 nitrogen and oxygen atoms in total. The Morgan fingerprint density at radius 2 is 1.66 bits per heavy atom. The number of aliphatic hydroxyl groups is 1. The molecule has 35 heavy (non-hydrogen) atoms. The second-order valence-electron chi connectivity index (χ2n) is 9.45. The van der Waals surface area contributed by atoms with E-state index in [1.807, 2.05) is 36.4 Å². The average Bonchev–Trinajstić information content (AvgIpc) is 2.87. The van der Waals surface area contributed by atoms with Crippen molar-refractivity contribution in [3.05, 3.63) is 59.9 Å². The molecule has 8 heteroatoms. The highest BCUT2D eigenvalue weighted by atomic mass is 16.6. The molecule has 2 aromatic carbocycles.